The van der Waals surface area contributed by atoms with Crippen LogP contribution >= 0.6 is 0 Å². The standard InChI is InChI=1S/C18H21NO.C6H10N2O4/c19-18(20)14-17-12-10-16(11-13-17)9-5-4-8-15-6-2-1-3-7-15;9-5(10)7-1-2-8(4-3-7)6(11)12/h1-3,6-7,10-13H,4-5,8-9,14H2,(H2,19,20);1-4H2,(H,9,10)(H,11,12). The van der Waals surface area contributed by atoms with Crippen molar-refractivity contribution in [2.75, 3.05) is 26.2 Å². The molecule has 1 aliphatic heterocycles. The molecule has 1 fully saturated rings. The van der Waals surface area contributed by atoms with Crippen molar-refractivity contribution in [3.8, 4) is 0 Å². The molecule has 0 aromatic heterocycles. The van der Waals surface area contributed by atoms with Crippen LogP contribution in [-0.2, 0) is 24.1 Å². The minimum Gasteiger partial charge on any atom is -0.465 e. The van der Waals surface area contributed by atoms with Gasteiger partial charge in [0.2, 0.25) is 5.91 Å². The Labute approximate surface area is 188 Å². The van der Waals surface area contributed by atoms with Gasteiger partial charge < -0.3 is 25.7 Å². The summed E-state index contributed by atoms with van der Waals surface area (Å²) < 4.78 is 0. The average Bonchev–Trinajstić information content (AvgIpc) is 2.78. The molecule has 8 nitrogen and oxygen atoms in total. The molecule has 0 spiro atoms. The van der Waals surface area contributed by atoms with Crippen LogP contribution in [0.3, 0.4) is 0 Å². The van der Waals surface area contributed by atoms with Crippen LogP contribution in [0.2, 0.25) is 0 Å². The number of benzene rings is 2. The van der Waals surface area contributed by atoms with Crippen LogP contribution in [0.1, 0.15) is 29.5 Å². The lowest BCUT2D eigenvalue weighted by atomic mass is 10.0. The zero-order valence-corrected chi connectivity index (χ0v) is 18.2. The van der Waals surface area contributed by atoms with Gasteiger partial charge in [0.05, 0.1) is 6.42 Å². The third-order valence-electron chi connectivity index (χ3n) is 5.25. The molecule has 2 aromatic rings. The van der Waals surface area contributed by atoms with E-state index in [1.807, 2.05) is 12.1 Å². The lowest BCUT2D eigenvalue weighted by Crippen LogP contribution is -2.49. The van der Waals surface area contributed by atoms with E-state index in [1.54, 1.807) is 0 Å². The Kier molecular flexibility index (Phi) is 10.0. The largest absolute Gasteiger partial charge is 0.465 e. The maximum Gasteiger partial charge on any atom is 0.407 e. The van der Waals surface area contributed by atoms with Crippen LogP contribution in [0.25, 0.3) is 0 Å². The highest BCUT2D eigenvalue weighted by Gasteiger charge is 2.22. The Hall–Kier alpha value is -3.55. The number of rotatable bonds is 7. The third kappa shape index (κ3) is 9.07. The number of aryl methyl sites for hydroxylation is 2. The SMILES string of the molecule is NC(=O)Cc1ccc(CCCCc2ccccc2)cc1.O=C(O)N1CCN(C(=O)O)CC1. The van der Waals surface area contributed by atoms with Crippen LogP contribution < -0.4 is 5.73 Å². The molecule has 0 saturated carbocycles. The van der Waals surface area contributed by atoms with Crippen LogP contribution in [-0.4, -0.2) is 64.3 Å². The summed E-state index contributed by atoms with van der Waals surface area (Å²) in [6, 6.07) is 18.8. The summed E-state index contributed by atoms with van der Waals surface area (Å²) in [6.45, 7) is 1.06. The zero-order valence-electron chi connectivity index (χ0n) is 18.2. The second-order valence-electron chi connectivity index (χ2n) is 7.69. The molecule has 4 N–H and O–H groups in total. The Balaban J connectivity index is 0.000000258. The number of unbranched alkanes of at least 4 members (excludes halogenated alkanes) is 1. The van der Waals surface area contributed by atoms with Crippen molar-refractivity contribution in [2.24, 2.45) is 5.73 Å². The fourth-order valence-corrected chi connectivity index (χ4v) is 3.42. The van der Waals surface area contributed by atoms with Gasteiger partial charge in [-0.15, -0.1) is 0 Å². The molecule has 172 valence electrons. The Bertz CT molecular complexity index is 841. The molecule has 1 heterocycles. The van der Waals surface area contributed by atoms with E-state index < -0.39 is 12.2 Å². The first-order chi connectivity index (χ1) is 15.3. The predicted molar refractivity (Wildman–Crippen MR) is 122 cm³/mol. The lowest BCUT2D eigenvalue weighted by molar-refractivity contribution is -0.117. The number of amides is 3. The number of carboxylic acid groups (broad SMARTS) is 2. The van der Waals surface area contributed by atoms with E-state index >= 15 is 0 Å². The summed E-state index contributed by atoms with van der Waals surface area (Å²) in [5.41, 5.74) is 8.90. The van der Waals surface area contributed by atoms with E-state index in [4.69, 9.17) is 15.9 Å². The van der Waals surface area contributed by atoms with E-state index in [9.17, 15) is 14.4 Å². The predicted octanol–water partition coefficient (Wildman–Crippen LogP) is 3.24. The number of hydrogen-bond acceptors (Lipinski definition) is 3. The summed E-state index contributed by atoms with van der Waals surface area (Å²) in [5.74, 6) is -0.277. The van der Waals surface area contributed by atoms with Crippen molar-refractivity contribution in [3.63, 3.8) is 0 Å². The van der Waals surface area contributed by atoms with E-state index in [2.05, 4.69) is 42.5 Å². The number of carbonyl (C=O) groups excluding carboxylic acids is 1. The molecule has 3 rings (SSSR count). The molecule has 2 aromatic carbocycles. The Morgan fingerprint density at radius 2 is 1.09 bits per heavy atom. The lowest BCUT2D eigenvalue weighted by Gasteiger charge is -2.31. The number of nitrogens with zero attached hydrogens (tertiary/aromatic N) is 2. The van der Waals surface area contributed by atoms with Crippen molar-refractivity contribution in [2.45, 2.75) is 32.1 Å². The van der Waals surface area contributed by atoms with Crippen LogP contribution in [0.4, 0.5) is 9.59 Å². The number of primary amides is 1. The highest BCUT2D eigenvalue weighted by Crippen LogP contribution is 2.11. The van der Waals surface area contributed by atoms with E-state index in [-0.39, 0.29) is 32.1 Å². The molecule has 3 amide bonds. The van der Waals surface area contributed by atoms with Gasteiger partial charge in [0.25, 0.3) is 0 Å². The van der Waals surface area contributed by atoms with Gasteiger partial charge in [0.15, 0.2) is 0 Å². The maximum atomic E-state index is 10.8. The van der Waals surface area contributed by atoms with Gasteiger partial charge in [0, 0.05) is 26.2 Å². The van der Waals surface area contributed by atoms with Crippen molar-refractivity contribution in [1.82, 2.24) is 9.80 Å². The van der Waals surface area contributed by atoms with Crippen molar-refractivity contribution in [3.05, 3.63) is 71.3 Å². The topological polar surface area (TPSA) is 124 Å². The summed E-state index contributed by atoms with van der Waals surface area (Å²) >= 11 is 0. The van der Waals surface area contributed by atoms with Crippen LogP contribution in [0, 0.1) is 0 Å². The van der Waals surface area contributed by atoms with Crippen molar-refractivity contribution in [1.29, 1.82) is 0 Å². The van der Waals surface area contributed by atoms with E-state index in [0.717, 1.165) is 18.4 Å². The molecule has 1 aliphatic rings. The number of piperazine rings is 1. The van der Waals surface area contributed by atoms with Gasteiger partial charge in [-0.05, 0) is 42.4 Å². The molecule has 8 heteroatoms. The monoisotopic (exact) mass is 441 g/mol. The minimum absolute atomic E-state index is 0.266. The summed E-state index contributed by atoms with van der Waals surface area (Å²) in [7, 11) is 0. The molecule has 0 atom stereocenters. The molecule has 0 unspecified atom stereocenters. The highest BCUT2D eigenvalue weighted by atomic mass is 16.4. The van der Waals surface area contributed by atoms with Gasteiger partial charge in [-0.2, -0.15) is 0 Å². The number of nitrogens with two attached hydrogens (primary N) is 1. The third-order valence-corrected chi connectivity index (χ3v) is 5.25. The quantitative estimate of drug-likeness (QED) is 0.569. The Morgan fingerprint density at radius 3 is 1.50 bits per heavy atom. The van der Waals surface area contributed by atoms with Crippen molar-refractivity contribution < 1.29 is 24.6 Å². The van der Waals surface area contributed by atoms with Gasteiger partial charge in [0.1, 0.15) is 0 Å². The normalized spacial score (nSPS) is 13.1. The van der Waals surface area contributed by atoms with E-state index in [0.29, 0.717) is 6.42 Å². The van der Waals surface area contributed by atoms with Gasteiger partial charge in [-0.3, -0.25) is 4.79 Å². The second kappa shape index (κ2) is 13.0. The highest BCUT2D eigenvalue weighted by molar-refractivity contribution is 5.76. The molecule has 0 bridgehead atoms. The number of hydrogen-bond donors (Lipinski definition) is 3. The molecule has 32 heavy (non-hydrogen) atoms. The molecular weight excluding hydrogens is 410 g/mol. The average molecular weight is 442 g/mol. The summed E-state index contributed by atoms with van der Waals surface area (Å²) in [4.78, 5) is 34.0. The minimum atomic E-state index is -0.986. The fourth-order valence-electron chi connectivity index (χ4n) is 3.42. The molecular formula is C24H31N3O5. The van der Waals surface area contributed by atoms with Gasteiger partial charge in [-0.1, -0.05) is 54.6 Å². The number of carbonyl (C=O) groups is 3. The smallest absolute Gasteiger partial charge is 0.407 e. The molecule has 0 aliphatic carbocycles. The first kappa shape index (κ1) is 24.7. The molecule has 1 saturated heterocycles. The second-order valence-corrected chi connectivity index (χ2v) is 7.69. The summed E-state index contributed by atoms with van der Waals surface area (Å²) in [6.07, 6.45) is 2.97. The zero-order chi connectivity index (χ0) is 23.3. The maximum absolute atomic E-state index is 10.8. The first-order valence-electron chi connectivity index (χ1n) is 10.7. The van der Waals surface area contributed by atoms with Crippen molar-refractivity contribution >= 4 is 18.1 Å². The van der Waals surface area contributed by atoms with Crippen LogP contribution in [0.5, 0.6) is 0 Å². The van der Waals surface area contributed by atoms with Crippen LogP contribution in [0.15, 0.2) is 54.6 Å². The van der Waals surface area contributed by atoms with E-state index in [1.165, 1.54) is 33.8 Å². The van der Waals surface area contributed by atoms with Gasteiger partial charge in [-0.25, -0.2) is 9.59 Å². The summed E-state index contributed by atoms with van der Waals surface area (Å²) in [5, 5.41) is 17.0. The first-order valence-corrected chi connectivity index (χ1v) is 10.7. The molecule has 0 radical (unpaired) electrons. The Morgan fingerprint density at radius 1 is 0.688 bits per heavy atom. The fraction of sp³-hybridized carbons (Fsp3) is 0.375. The van der Waals surface area contributed by atoms with Gasteiger partial charge >= 0.3 is 12.2 Å².